The largest absolute Gasteiger partial charge is 0.416 e. The summed E-state index contributed by atoms with van der Waals surface area (Å²) in [5.41, 5.74) is 1.59. The molecule has 9 heteroatoms. The molecule has 6 nitrogen and oxygen atoms in total. The summed E-state index contributed by atoms with van der Waals surface area (Å²) in [5.74, 6) is 0.912. The fraction of sp³-hybridized carbons (Fsp3) is 0.364. The number of carbonyl (C=O) groups excluding carboxylic acids is 1. The van der Waals surface area contributed by atoms with Gasteiger partial charge in [0.25, 0.3) is 5.91 Å². The van der Waals surface area contributed by atoms with Crippen LogP contribution in [0.15, 0.2) is 41.1 Å². The van der Waals surface area contributed by atoms with Crippen LogP contribution in [-0.2, 0) is 6.18 Å². The highest BCUT2D eigenvalue weighted by molar-refractivity contribution is 5.94. The summed E-state index contributed by atoms with van der Waals surface area (Å²) in [6.45, 7) is 4.50. The van der Waals surface area contributed by atoms with E-state index in [0.717, 1.165) is 29.1 Å². The van der Waals surface area contributed by atoms with Gasteiger partial charge in [0, 0.05) is 36.8 Å². The van der Waals surface area contributed by atoms with Gasteiger partial charge in [0.15, 0.2) is 5.76 Å². The molecule has 0 spiro atoms. The predicted octanol–water partition coefficient (Wildman–Crippen LogP) is 4.79. The fourth-order valence-corrected chi connectivity index (χ4v) is 3.85. The molecule has 0 N–H and O–H groups in total. The molecule has 3 aromatic rings. The second-order valence-corrected chi connectivity index (χ2v) is 7.69. The zero-order valence-electron chi connectivity index (χ0n) is 17.1. The van der Waals surface area contributed by atoms with Gasteiger partial charge in [0.05, 0.1) is 22.5 Å². The van der Waals surface area contributed by atoms with Crippen LogP contribution in [0.2, 0.25) is 0 Å². The van der Waals surface area contributed by atoms with Crippen LogP contribution in [0.25, 0.3) is 11.3 Å². The van der Waals surface area contributed by atoms with Crippen molar-refractivity contribution in [3.63, 3.8) is 0 Å². The summed E-state index contributed by atoms with van der Waals surface area (Å²) in [6, 6.07) is 6.38. The number of alkyl halides is 3. The van der Waals surface area contributed by atoms with Crippen molar-refractivity contribution in [2.75, 3.05) is 13.1 Å². The lowest BCUT2D eigenvalue weighted by Gasteiger charge is -2.32. The van der Waals surface area contributed by atoms with E-state index in [-0.39, 0.29) is 11.5 Å². The number of piperidine rings is 1. The van der Waals surface area contributed by atoms with E-state index in [1.54, 1.807) is 11.1 Å². The average molecular weight is 430 g/mol. The lowest BCUT2D eigenvalue weighted by Crippen LogP contribution is -2.38. The zero-order valence-corrected chi connectivity index (χ0v) is 17.1. The third-order valence-electron chi connectivity index (χ3n) is 5.44. The minimum atomic E-state index is -4.48. The number of carbonyl (C=O) groups is 1. The second kappa shape index (κ2) is 8.13. The van der Waals surface area contributed by atoms with Crippen molar-refractivity contribution in [1.82, 2.24) is 20.0 Å². The van der Waals surface area contributed by atoms with E-state index >= 15 is 0 Å². The highest BCUT2D eigenvalue weighted by atomic mass is 19.4. The Morgan fingerprint density at radius 3 is 2.55 bits per heavy atom. The Bertz CT molecular complexity index is 1100. The highest BCUT2D eigenvalue weighted by Gasteiger charge is 2.32. The summed E-state index contributed by atoms with van der Waals surface area (Å²) >= 11 is 0. The zero-order chi connectivity index (χ0) is 22.2. The lowest BCUT2D eigenvalue weighted by molar-refractivity contribution is -0.137. The first-order valence-electron chi connectivity index (χ1n) is 9.96. The molecule has 3 heterocycles. The Labute approximate surface area is 177 Å². The smallest absolute Gasteiger partial charge is 0.356 e. The third kappa shape index (κ3) is 4.45. The quantitative estimate of drug-likeness (QED) is 0.598. The minimum Gasteiger partial charge on any atom is -0.356 e. The van der Waals surface area contributed by atoms with Crippen molar-refractivity contribution < 1.29 is 22.5 Å². The predicted molar refractivity (Wildman–Crippen MR) is 106 cm³/mol. The topological polar surface area (TPSA) is 72.1 Å². The Balaban J connectivity index is 1.51. The van der Waals surface area contributed by atoms with Crippen LogP contribution in [0.3, 0.4) is 0 Å². The molecule has 0 saturated carbocycles. The summed E-state index contributed by atoms with van der Waals surface area (Å²) < 4.78 is 44.3. The number of hydrogen-bond acceptors (Lipinski definition) is 5. The molecule has 0 aliphatic carbocycles. The highest BCUT2D eigenvalue weighted by Crippen LogP contribution is 2.35. The number of halogens is 3. The van der Waals surface area contributed by atoms with Gasteiger partial charge in [-0.2, -0.15) is 13.2 Å². The summed E-state index contributed by atoms with van der Waals surface area (Å²) in [4.78, 5) is 23.3. The molecule has 0 radical (unpaired) electrons. The van der Waals surface area contributed by atoms with Crippen LogP contribution in [0.5, 0.6) is 0 Å². The Kier molecular flexibility index (Phi) is 5.51. The van der Waals surface area contributed by atoms with E-state index in [4.69, 9.17) is 4.52 Å². The molecule has 0 atom stereocenters. The summed E-state index contributed by atoms with van der Waals surface area (Å²) in [7, 11) is 0. The van der Waals surface area contributed by atoms with Crippen molar-refractivity contribution >= 4 is 5.91 Å². The Hall–Kier alpha value is -3.23. The van der Waals surface area contributed by atoms with E-state index in [1.807, 2.05) is 19.9 Å². The number of likely N-dealkylation sites (tertiary alicyclic amines) is 1. The molecule has 1 amide bonds. The van der Waals surface area contributed by atoms with E-state index in [9.17, 15) is 18.0 Å². The van der Waals surface area contributed by atoms with Crippen LogP contribution < -0.4 is 0 Å². The van der Waals surface area contributed by atoms with Crippen LogP contribution in [0, 0.1) is 13.8 Å². The van der Waals surface area contributed by atoms with Gasteiger partial charge >= 0.3 is 6.18 Å². The molecule has 162 valence electrons. The molecule has 1 saturated heterocycles. The number of aryl methyl sites for hydroxylation is 2. The van der Waals surface area contributed by atoms with Gasteiger partial charge in [0.2, 0.25) is 0 Å². The SMILES string of the molecule is Cc1cc(-c2cnc(C)nc2C2CCN(C(=O)c3cccc(C(F)(F)F)c3)CC2)on1. The van der Waals surface area contributed by atoms with Crippen molar-refractivity contribution in [2.45, 2.75) is 38.8 Å². The monoisotopic (exact) mass is 430 g/mol. The maximum absolute atomic E-state index is 13.0. The minimum absolute atomic E-state index is 0.0454. The molecular formula is C22H21F3N4O2. The molecule has 1 aromatic carbocycles. The van der Waals surface area contributed by atoms with Crippen LogP contribution in [0.4, 0.5) is 13.2 Å². The molecule has 0 unspecified atom stereocenters. The van der Waals surface area contributed by atoms with E-state index in [1.165, 1.54) is 12.1 Å². The van der Waals surface area contributed by atoms with Crippen molar-refractivity contribution in [3.8, 4) is 11.3 Å². The normalized spacial score (nSPS) is 15.3. The number of hydrogen-bond donors (Lipinski definition) is 0. The van der Waals surface area contributed by atoms with E-state index in [2.05, 4.69) is 15.1 Å². The number of rotatable bonds is 3. The first kappa shape index (κ1) is 21.0. The summed E-state index contributed by atoms with van der Waals surface area (Å²) in [5, 5.41) is 3.93. The third-order valence-corrected chi connectivity index (χ3v) is 5.44. The first-order valence-corrected chi connectivity index (χ1v) is 9.96. The van der Waals surface area contributed by atoms with Crippen molar-refractivity contribution in [1.29, 1.82) is 0 Å². The molecule has 0 bridgehead atoms. The van der Waals surface area contributed by atoms with Crippen LogP contribution >= 0.6 is 0 Å². The molecule has 4 rings (SSSR count). The van der Waals surface area contributed by atoms with E-state index in [0.29, 0.717) is 37.5 Å². The number of amides is 1. The van der Waals surface area contributed by atoms with Gasteiger partial charge < -0.3 is 9.42 Å². The second-order valence-electron chi connectivity index (χ2n) is 7.69. The molecule has 31 heavy (non-hydrogen) atoms. The standard InChI is InChI=1S/C22H21F3N4O2/c1-13-10-19(31-28-13)18-12-26-14(2)27-20(18)15-6-8-29(9-7-15)21(30)16-4-3-5-17(11-16)22(23,24)25/h3-5,10-12,15H,6-9H2,1-2H3. The van der Waals surface area contributed by atoms with Gasteiger partial charge in [0.1, 0.15) is 5.82 Å². The first-order chi connectivity index (χ1) is 14.7. The molecule has 1 fully saturated rings. The van der Waals surface area contributed by atoms with Crippen molar-refractivity contribution in [3.05, 3.63) is 64.9 Å². The molecule has 1 aliphatic heterocycles. The Morgan fingerprint density at radius 2 is 1.90 bits per heavy atom. The van der Waals surface area contributed by atoms with Gasteiger partial charge in [-0.05, 0) is 44.9 Å². The Morgan fingerprint density at radius 1 is 1.16 bits per heavy atom. The number of nitrogens with zero attached hydrogens (tertiary/aromatic N) is 4. The molecule has 1 aliphatic rings. The van der Waals surface area contributed by atoms with Gasteiger partial charge in [-0.15, -0.1) is 0 Å². The average Bonchev–Trinajstić information content (AvgIpc) is 3.19. The maximum atomic E-state index is 13.0. The lowest BCUT2D eigenvalue weighted by atomic mass is 9.90. The van der Waals surface area contributed by atoms with Gasteiger partial charge in [-0.1, -0.05) is 11.2 Å². The maximum Gasteiger partial charge on any atom is 0.416 e. The molecule has 2 aromatic heterocycles. The van der Waals surface area contributed by atoms with Crippen molar-refractivity contribution in [2.24, 2.45) is 0 Å². The van der Waals surface area contributed by atoms with Crippen LogP contribution in [0.1, 0.15) is 51.9 Å². The van der Waals surface area contributed by atoms with E-state index < -0.39 is 17.6 Å². The number of aromatic nitrogens is 3. The van der Waals surface area contributed by atoms with Crippen LogP contribution in [-0.4, -0.2) is 39.0 Å². The van der Waals surface area contributed by atoms with Gasteiger partial charge in [-0.25, -0.2) is 9.97 Å². The van der Waals surface area contributed by atoms with Gasteiger partial charge in [-0.3, -0.25) is 4.79 Å². The molecular weight excluding hydrogens is 409 g/mol. The fourth-order valence-electron chi connectivity index (χ4n) is 3.85. The number of benzene rings is 1. The summed E-state index contributed by atoms with van der Waals surface area (Å²) in [6.07, 6.45) is -1.48.